The highest BCUT2D eigenvalue weighted by molar-refractivity contribution is 4.80. The molecule has 0 aliphatic heterocycles. The Bertz CT molecular complexity index is 99.8. The third kappa shape index (κ3) is 3.15. The van der Waals surface area contributed by atoms with Gasteiger partial charge in [0.15, 0.2) is 6.29 Å². The third-order valence-corrected chi connectivity index (χ3v) is 1.31. The predicted molar refractivity (Wildman–Crippen MR) is 40.6 cm³/mol. The molecule has 0 unspecified atom stereocenters. The first-order chi connectivity index (χ1) is 4.36. The summed E-state index contributed by atoms with van der Waals surface area (Å²) in [6.07, 6.45) is -1.31. The van der Waals surface area contributed by atoms with Crippen LogP contribution in [0.4, 0.5) is 0 Å². The van der Waals surface area contributed by atoms with Crippen molar-refractivity contribution in [1.82, 2.24) is 5.32 Å². The van der Waals surface area contributed by atoms with Crippen LogP contribution in [0.2, 0.25) is 0 Å². The van der Waals surface area contributed by atoms with Gasteiger partial charge in [-0.2, -0.15) is 0 Å². The molecule has 3 nitrogen and oxygen atoms in total. The largest absolute Gasteiger partial charge is 0.367 e. The summed E-state index contributed by atoms with van der Waals surface area (Å²) < 4.78 is 0. The molecule has 3 heteroatoms. The van der Waals surface area contributed by atoms with Crippen LogP contribution in [0.15, 0.2) is 0 Å². The van der Waals surface area contributed by atoms with E-state index in [9.17, 15) is 0 Å². The van der Waals surface area contributed by atoms with E-state index in [1.165, 1.54) is 0 Å². The highest BCUT2D eigenvalue weighted by Gasteiger charge is 2.25. The van der Waals surface area contributed by atoms with E-state index >= 15 is 0 Å². The van der Waals surface area contributed by atoms with Crippen LogP contribution in [0.3, 0.4) is 0 Å². The van der Waals surface area contributed by atoms with Crippen molar-refractivity contribution < 1.29 is 10.2 Å². The Morgan fingerprint density at radius 3 is 1.70 bits per heavy atom. The predicted octanol–water partition coefficient (Wildman–Crippen LogP) is 0.0737. The fraction of sp³-hybridized carbons (Fsp3) is 1.00. The van der Waals surface area contributed by atoms with Crippen molar-refractivity contribution in [2.75, 3.05) is 0 Å². The first kappa shape index (κ1) is 9.88. The smallest absolute Gasteiger partial charge is 0.169 e. The molecule has 62 valence electrons. The number of nitrogens with one attached hydrogen (secondary N) is 1. The maximum absolute atomic E-state index is 8.82. The van der Waals surface area contributed by atoms with Crippen LogP contribution in [0.5, 0.6) is 0 Å². The quantitative estimate of drug-likeness (QED) is 0.495. The summed E-state index contributed by atoms with van der Waals surface area (Å²) >= 11 is 0. The molecule has 0 saturated carbocycles. The number of hydrogen-bond donors (Lipinski definition) is 3. The molecule has 0 amide bonds. The lowest BCUT2D eigenvalue weighted by Gasteiger charge is -2.30. The van der Waals surface area contributed by atoms with Gasteiger partial charge in [-0.1, -0.05) is 13.8 Å². The Balaban J connectivity index is 3.87. The zero-order valence-corrected chi connectivity index (χ0v) is 7.05. The molecule has 0 rings (SSSR count). The van der Waals surface area contributed by atoms with Crippen LogP contribution in [0.1, 0.15) is 27.7 Å². The fourth-order valence-corrected chi connectivity index (χ4v) is 0.819. The second kappa shape index (κ2) is 3.32. The lowest BCUT2D eigenvalue weighted by molar-refractivity contribution is -0.0988. The van der Waals surface area contributed by atoms with Crippen LogP contribution >= 0.6 is 0 Å². The summed E-state index contributed by atoms with van der Waals surface area (Å²) in [7, 11) is 0. The van der Waals surface area contributed by atoms with Crippen LogP contribution in [-0.2, 0) is 0 Å². The Kier molecular flexibility index (Phi) is 3.28. The molecular weight excluding hydrogens is 130 g/mol. The lowest BCUT2D eigenvalue weighted by Crippen LogP contribution is -2.52. The van der Waals surface area contributed by atoms with Gasteiger partial charge in [0.25, 0.3) is 0 Å². The van der Waals surface area contributed by atoms with Crippen molar-refractivity contribution in [1.29, 1.82) is 0 Å². The molecule has 0 heterocycles. The maximum Gasteiger partial charge on any atom is 0.169 e. The Hall–Kier alpha value is -0.120. The first-order valence-corrected chi connectivity index (χ1v) is 3.50. The summed E-state index contributed by atoms with van der Waals surface area (Å²) in [6, 6.07) is 0.261. The van der Waals surface area contributed by atoms with Crippen LogP contribution in [0.25, 0.3) is 0 Å². The zero-order chi connectivity index (χ0) is 8.36. The minimum absolute atomic E-state index is 0.261. The normalized spacial score (nSPS) is 13.2. The molecule has 0 aliphatic carbocycles. The fourth-order valence-electron chi connectivity index (χ4n) is 0.819. The van der Waals surface area contributed by atoms with E-state index in [0.29, 0.717) is 0 Å². The van der Waals surface area contributed by atoms with E-state index in [-0.39, 0.29) is 6.04 Å². The van der Waals surface area contributed by atoms with E-state index in [4.69, 9.17) is 10.2 Å². The van der Waals surface area contributed by atoms with Crippen LogP contribution < -0.4 is 5.32 Å². The molecule has 0 aromatic heterocycles. The molecule has 0 saturated heterocycles. The first-order valence-electron chi connectivity index (χ1n) is 3.50. The van der Waals surface area contributed by atoms with Crippen molar-refractivity contribution in [3.05, 3.63) is 0 Å². The van der Waals surface area contributed by atoms with Gasteiger partial charge in [0.2, 0.25) is 0 Å². The molecule has 0 bridgehead atoms. The van der Waals surface area contributed by atoms with E-state index in [1.807, 2.05) is 13.8 Å². The molecule has 10 heavy (non-hydrogen) atoms. The van der Waals surface area contributed by atoms with Crippen molar-refractivity contribution in [2.45, 2.75) is 45.6 Å². The second-order valence-electron chi connectivity index (χ2n) is 3.39. The average molecular weight is 147 g/mol. The third-order valence-electron chi connectivity index (χ3n) is 1.31. The van der Waals surface area contributed by atoms with E-state index < -0.39 is 11.8 Å². The molecule has 0 radical (unpaired) electrons. The van der Waals surface area contributed by atoms with Gasteiger partial charge in [0.05, 0.1) is 5.54 Å². The van der Waals surface area contributed by atoms with Crippen molar-refractivity contribution in [3.63, 3.8) is 0 Å². The van der Waals surface area contributed by atoms with Gasteiger partial charge in [-0.3, -0.25) is 0 Å². The van der Waals surface area contributed by atoms with E-state index in [1.54, 1.807) is 13.8 Å². The van der Waals surface area contributed by atoms with Gasteiger partial charge in [-0.15, -0.1) is 0 Å². The maximum atomic E-state index is 8.82. The summed E-state index contributed by atoms with van der Waals surface area (Å²) in [5, 5.41) is 20.7. The minimum Gasteiger partial charge on any atom is -0.367 e. The van der Waals surface area contributed by atoms with E-state index in [0.717, 1.165) is 0 Å². The number of aliphatic hydroxyl groups excluding tert-OH is 1. The van der Waals surface area contributed by atoms with Gasteiger partial charge >= 0.3 is 0 Å². The SMILES string of the molecule is CC(C)NC(C)(C)C(O)O. The molecule has 0 atom stereocenters. The van der Waals surface area contributed by atoms with Crippen LogP contribution in [0, 0.1) is 0 Å². The van der Waals surface area contributed by atoms with E-state index in [2.05, 4.69) is 5.32 Å². The Labute approximate surface area is 62.1 Å². The van der Waals surface area contributed by atoms with Gasteiger partial charge < -0.3 is 15.5 Å². The highest BCUT2D eigenvalue weighted by Crippen LogP contribution is 2.06. The molecule has 0 aliphatic rings. The molecule has 3 N–H and O–H groups in total. The standard InChI is InChI=1S/C7H17NO2/c1-5(2)8-7(3,4)6(9)10/h5-6,8-10H,1-4H3. The monoisotopic (exact) mass is 147 g/mol. The van der Waals surface area contributed by atoms with Gasteiger partial charge in [-0.25, -0.2) is 0 Å². The Morgan fingerprint density at radius 2 is 1.60 bits per heavy atom. The molecular formula is C7H17NO2. The zero-order valence-electron chi connectivity index (χ0n) is 7.05. The topological polar surface area (TPSA) is 52.5 Å². The molecule has 0 aromatic rings. The average Bonchev–Trinajstić information content (AvgIpc) is 1.60. The minimum atomic E-state index is -1.31. The summed E-state index contributed by atoms with van der Waals surface area (Å²) in [4.78, 5) is 0. The summed E-state index contributed by atoms with van der Waals surface area (Å²) in [5.41, 5.74) is -0.617. The molecule has 0 aromatic carbocycles. The molecule has 0 fully saturated rings. The van der Waals surface area contributed by atoms with Crippen molar-refractivity contribution in [2.24, 2.45) is 0 Å². The lowest BCUT2D eigenvalue weighted by atomic mass is 10.0. The highest BCUT2D eigenvalue weighted by atomic mass is 16.5. The molecule has 0 spiro atoms. The van der Waals surface area contributed by atoms with Crippen molar-refractivity contribution in [3.8, 4) is 0 Å². The number of aliphatic hydroxyl groups is 2. The van der Waals surface area contributed by atoms with Gasteiger partial charge in [-0.05, 0) is 13.8 Å². The number of hydrogen-bond acceptors (Lipinski definition) is 3. The second-order valence-corrected chi connectivity index (χ2v) is 3.39. The van der Waals surface area contributed by atoms with Crippen LogP contribution in [-0.4, -0.2) is 28.1 Å². The van der Waals surface area contributed by atoms with Gasteiger partial charge in [0.1, 0.15) is 0 Å². The summed E-state index contributed by atoms with van der Waals surface area (Å²) in [6.45, 7) is 7.42. The summed E-state index contributed by atoms with van der Waals surface area (Å²) in [5.74, 6) is 0. The number of rotatable bonds is 3. The van der Waals surface area contributed by atoms with Crippen molar-refractivity contribution >= 4 is 0 Å². The van der Waals surface area contributed by atoms with Gasteiger partial charge in [0, 0.05) is 6.04 Å². The Morgan fingerprint density at radius 1 is 1.20 bits per heavy atom.